The van der Waals surface area contributed by atoms with E-state index in [1.807, 2.05) is 0 Å². The minimum absolute atomic E-state index is 0.0229. The number of benzene rings is 2. The molecule has 32 heavy (non-hydrogen) atoms. The molecule has 0 radical (unpaired) electrons. The summed E-state index contributed by atoms with van der Waals surface area (Å²) in [7, 11) is -6.73. The second-order valence-electron chi connectivity index (χ2n) is 6.50. The quantitative estimate of drug-likeness (QED) is 0.446. The number of carbonyl (C=O) groups excluding carboxylic acids is 1. The number of amides is 1. The van der Waals surface area contributed by atoms with E-state index in [-0.39, 0.29) is 23.2 Å². The summed E-state index contributed by atoms with van der Waals surface area (Å²) in [5.41, 5.74) is -4.04. The van der Waals surface area contributed by atoms with Gasteiger partial charge in [-0.15, -0.1) is 0 Å². The Bertz CT molecular complexity index is 1230. The van der Waals surface area contributed by atoms with Gasteiger partial charge in [-0.3, -0.25) is 9.52 Å². The van der Waals surface area contributed by atoms with E-state index >= 15 is 0 Å². The second-order valence-corrected chi connectivity index (χ2v) is 10.5. The van der Waals surface area contributed by atoms with Gasteiger partial charge in [0.2, 0.25) is 15.6 Å². The summed E-state index contributed by atoms with van der Waals surface area (Å²) in [6.07, 6.45) is -5.25. The zero-order chi connectivity index (χ0) is 24.5. The van der Waals surface area contributed by atoms with Crippen LogP contribution in [0.15, 0.2) is 52.3 Å². The van der Waals surface area contributed by atoms with E-state index in [0.29, 0.717) is 0 Å². The molecule has 176 valence electrons. The molecule has 2 aromatic rings. The molecule has 0 aromatic heterocycles. The van der Waals surface area contributed by atoms with Gasteiger partial charge in [0.25, 0.3) is 15.9 Å². The van der Waals surface area contributed by atoms with Gasteiger partial charge in [-0.2, -0.15) is 13.2 Å². The third kappa shape index (κ3) is 5.50. The molecular weight excluding hydrogens is 499 g/mol. The van der Waals surface area contributed by atoms with Crippen LogP contribution in [0.25, 0.3) is 0 Å². The van der Waals surface area contributed by atoms with Gasteiger partial charge in [-0.05, 0) is 56.4 Å². The monoisotopic (exact) mass is 515 g/mol. The summed E-state index contributed by atoms with van der Waals surface area (Å²) in [5, 5.41) is 10.8. The molecule has 0 bridgehead atoms. The predicted octanol–water partition coefficient (Wildman–Crippen LogP) is 2.30. The van der Waals surface area contributed by atoms with Crippen LogP contribution in [0.4, 0.5) is 24.5 Å². The average Bonchev–Trinajstić information content (AvgIpc) is 2.68. The summed E-state index contributed by atoms with van der Waals surface area (Å²) < 4.78 is 91.1. The van der Waals surface area contributed by atoms with Gasteiger partial charge in [-0.25, -0.2) is 21.6 Å². The molecule has 2 rings (SSSR count). The fraction of sp³-hybridized carbons (Fsp3) is 0.235. The first kappa shape index (κ1) is 25.9. The van der Waals surface area contributed by atoms with Crippen molar-refractivity contribution in [3.63, 3.8) is 0 Å². The summed E-state index contributed by atoms with van der Waals surface area (Å²) in [5.74, 6) is -1.81. The van der Waals surface area contributed by atoms with Crippen molar-refractivity contribution < 1.29 is 39.9 Å². The minimum atomic E-state index is -5.25. The van der Waals surface area contributed by atoms with E-state index in [0.717, 1.165) is 18.2 Å². The van der Waals surface area contributed by atoms with Crippen LogP contribution in [0.1, 0.15) is 6.92 Å². The molecule has 2 aromatic carbocycles. The normalized spacial score (nSPS) is 14.5. The fourth-order valence-corrected chi connectivity index (χ4v) is 4.28. The number of anilines is 2. The summed E-state index contributed by atoms with van der Waals surface area (Å²) in [6, 6.07) is 7.54. The number of hydrogen-bond donors (Lipinski definition) is 4. The van der Waals surface area contributed by atoms with Crippen LogP contribution in [0.5, 0.6) is 0 Å². The largest absolute Gasteiger partial charge is 0.426 e. The lowest BCUT2D eigenvalue weighted by molar-refractivity contribution is -0.242. The number of nitrogens with one attached hydrogen (secondary N) is 3. The van der Waals surface area contributed by atoms with E-state index in [4.69, 9.17) is 11.6 Å². The molecule has 0 aliphatic rings. The third-order valence-electron chi connectivity index (χ3n) is 4.18. The lowest BCUT2D eigenvalue weighted by atomic mass is 10.1. The van der Waals surface area contributed by atoms with Gasteiger partial charge in [0.1, 0.15) is 0 Å². The zero-order valence-electron chi connectivity index (χ0n) is 16.4. The summed E-state index contributed by atoms with van der Waals surface area (Å²) in [4.78, 5) is 11.3. The van der Waals surface area contributed by atoms with E-state index in [1.54, 1.807) is 5.32 Å². The molecule has 1 atom stereocenters. The van der Waals surface area contributed by atoms with Crippen molar-refractivity contribution in [1.82, 2.24) is 4.72 Å². The fourth-order valence-electron chi connectivity index (χ4n) is 2.17. The molecule has 0 aliphatic heterocycles. The van der Waals surface area contributed by atoms with Crippen LogP contribution in [0.2, 0.25) is 5.02 Å². The Morgan fingerprint density at radius 2 is 1.50 bits per heavy atom. The standard InChI is InChI=1S/C17H17ClF3N3O6S2/c1-16(26,17(19,20)21)15(25)23-14-8-7-12(9-13(14)18)32(29,30)24-10-3-5-11(6-4-10)31(27,28)22-2/h3-9,22,24,26H,1-2H3,(H,23,25)/t16-/m1/s1. The van der Waals surface area contributed by atoms with E-state index in [1.165, 1.54) is 31.3 Å². The number of hydrogen-bond acceptors (Lipinski definition) is 6. The highest BCUT2D eigenvalue weighted by molar-refractivity contribution is 7.92. The SMILES string of the molecule is CNS(=O)(=O)c1ccc(NS(=O)(=O)c2ccc(NC(=O)[C@@](C)(O)C(F)(F)F)c(Cl)c2)cc1. The van der Waals surface area contributed by atoms with Crippen molar-refractivity contribution in [3.05, 3.63) is 47.5 Å². The minimum Gasteiger partial charge on any atom is -0.373 e. The van der Waals surface area contributed by atoms with Crippen molar-refractivity contribution in [1.29, 1.82) is 0 Å². The molecule has 1 amide bonds. The first-order valence-electron chi connectivity index (χ1n) is 8.48. The first-order chi connectivity index (χ1) is 14.5. The molecule has 0 aliphatic carbocycles. The molecule has 9 nitrogen and oxygen atoms in total. The van der Waals surface area contributed by atoms with Gasteiger partial charge in [-0.1, -0.05) is 11.6 Å². The molecule has 0 saturated heterocycles. The Balaban J connectivity index is 2.24. The van der Waals surface area contributed by atoms with Gasteiger partial charge >= 0.3 is 6.18 Å². The van der Waals surface area contributed by atoms with Crippen molar-refractivity contribution in [3.8, 4) is 0 Å². The van der Waals surface area contributed by atoms with Gasteiger partial charge in [0.05, 0.1) is 20.5 Å². The number of aliphatic hydroxyl groups is 1. The maximum absolute atomic E-state index is 12.8. The number of rotatable bonds is 7. The van der Waals surface area contributed by atoms with Crippen LogP contribution in [0, 0.1) is 0 Å². The van der Waals surface area contributed by atoms with Crippen molar-refractivity contribution >= 4 is 48.9 Å². The highest BCUT2D eigenvalue weighted by atomic mass is 35.5. The van der Waals surface area contributed by atoms with E-state index in [2.05, 4.69) is 9.44 Å². The molecule has 0 saturated carbocycles. The molecular formula is C17H17ClF3N3O6S2. The van der Waals surface area contributed by atoms with E-state index < -0.39 is 47.6 Å². The van der Waals surface area contributed by atoms with Gasteiger partial charge < -0.3 is 10.4 Å². The molecule has 0 unspecified atom stereocenters. The van der Waals surface area contributed by atoms with Crippen LogP contribution in [-0.4, -0.2) is 46.7 Å². The van der Waals surface area contributed by atoms with Crippen molar-refractivity contribution in [2.75, 3.05) is 17.1 Å². The van der Waals surface area contributed by atoms with Crippen molar-refractivity contribution in [2.45, 2.75) is 28.5 Å². The topological polar surface area (TPSA) is 142 Å². The van der Waals surface area contributed by atoms with Crippen molar-refractivity contribution in [2.24, 2.45) is 0 Å². The number of alkyl halides is 3. The second kappa shape index (κ2) is 8.86. The predicted molar refractivity (Wildman–Crippen MR) is 110 cm³/mol. The lowest BCUT2D eigenvalue weighted by Gasteiger charge is -2.25. The molecule has 0 spiro atoms. The first-order valence-corrected chi connectivity index (χ1v) is 11.8. The zero-order valence-corrected chi connectivity index (χ0v) is 18.7. The maximum Gasteiger partial charge on any atom is 0.426 e. The lowest BCUT2D eigenvalue weighted by Crippen LogP contribution is -2.52. The molecule has 0 heterocycles. The highest BCUT2D eigenvalue weighted by Crippen LogP contribution is 2.33. The maximum atomic E-state index is 12.8. The highest BCUT2D eigenvalue weighted by Gasteiger charge is 2.55. The Labute approximate surface area is 186 Å². The third-order valence-corrected chi connectivity index (χ3v) is 7.30. The molecule has 4 N–H and O–H groups in total. The van der Waals surface area contributed by atoms with Crippen LogP contribution >= 0.6 is 11.6 Å². The van der Waals surface area contributed by atoms with Crippen LogP contribution < -0.4 is 14.8 Å². The molecule has 15 heteroatoms. The Hall–Kier alpha value is -2.39. The number of sulfonamides is 2. The van der Waals surface area contributed by atoms with E-state index in [9.17, 15) is 39.9 Å². The van der Waals surface area contributed by atoms with Crippen LogP contribution in [0.3, 0.4) is 0 Å². The Kier molecular flexibility index (Phi) is 7.16. The number of halogens is 4. The molecule has 0 fully saturated rings. The van der Waals surface area contributed by atoms with Crippen LogP contribution in [-0.2, 0) is 24.8 Å². The van der Waals surface area contributed by atoms with Gasteiger partial charge in [0.15, 0.2) is 0 Å². The Morgan fingerprint density at radius 1 is 0.969 bits per heavy atom. The number of carbonyl (C=O) groups is 1. The summed E-state index contributed by atoms with van der Waals surface area (Å²) in [6.45, 7) is 0.256. The summed E-state index contributed by atoms with van der Waals surface area (Å²) >= 11 is 5.89. The Morgan fingerprint density at radius 3 is 1.97 bits per heavy atom. The average molecular weight is 516 g/mol. The smallest absolute Gasteiger partial charge is 0.373 e. The van der Waals surface area contributed by atoms with Gasteiger partial charge in [0, 0.05) is 5.69 Å².